The lowest BCUT2D eigenvalue weighted by Crippen LogP contribution is -2.36. The van der Waals surface area contributed by atoms with Crippen LogP contribution >= 0.6 is 0 Å². The summed E-state index contributed by atoms with van der Waals surface area (Å²) in [6.45, 7) is 6.37. The van der Waals surface area contributed by atoms with E-state index in [1.807, 2.05) is 30.3 Å². The van der Waals surface area contributed by atoms with Crippen molar-refractivity contribution in [1.29, 1.82) is 0 Å². The minimum atomic E-state index is -1.04. The van der Waals surface area contributed by atoms with Gasteiger partial charge in [-0.2, -0.15) is 0 Å². The molecule has 3 aromatic rings. The van der Waals surface area contributed by atoms with E-state index in [0.717, 1.165) is 35.3 Å². The summed E-state index contributed by atoms with van der Waals surface area (Å²) in [5, 5.41) is 9.38. The van der Waals surface area contributed by atoms with Gasteiger partial charge in [0.25, 0.3) is 0 Å². The van der Waals surface area contributed by atoms with Crippen LogP contribution in [-0.2, 0) is 35.4 Å². The van der Waals surface area contributed by atoms with Crippen molar-refractivity contribution in [3.63, 3.8) is 0 Å². The van der Waals surface area contributed by atoms with Gasteiger partial charge in [-0.3, -0.25) is 9.59 Å². The van der Waals surface area contributed by atoms with E-state index in [0.29, 0.717) is 11.7 Å². The Bertz CT molecular complexity index is 1250. The molecule has 6 heteroatoms. The number of rotatable bonds is 10. The van der Waals surface area contributed by atoms with Gasteiger partial charge in [-0.15, -0.1) is 0 Å². The van der Waals surface area contributed by atoms with Gasteiger partial charge in [0.1, 0.15) is 23.6 Å². The standard InChI is InChI=1S/C31H35NO5/c1-21(2)25-10-5-22(6-11-25)17-31(3)18-26-15-24(9-14-28(26)37-31)16-29(33)32(20-30(34)35)19-23-7-12-27(36-4)13-8-23/h5-15,21H,16-20H2,1-4H3,(H,34,35)/t31-/m0/s1. The minimum absolute atomic E-state index is 0.129. The molecule has 1 aliphatic rings. The second-order valence-corrected chi connectivity index (χ2v) is 10.4. The van der Waals surface area contributed by atoms with Crippen molar-refractivity contribution >= 4 is 11.9 Å². The highest BCUT2D eigenvalue weighted by Gasteiger charge is 2.35. The average molecular weight is 502 g/mol. The molecule has 0 bridgehead atoms. The SMILES string of the molecule is COc1ccc(CN(CC(=O)O)C(=O)Cc2ccc3c(c2)C[C@](C)(Cc2ccc(C(C)C)cc2)O3)cc1. The van der Waals surface area contributed by atoms with Crippen molar-refractivity contribution in [2.45, 2.75) is 58.1 Å². The van der Waals surface area contributed by atoms with Crippen molar-refractivity contribution in [3.8, 4) is 11.5 Å². The molecule has 3 aromatic carbocycles. The molecule has 194 valence electrons. The Morgan fingerprint density at radius 3 is 2.27 bits per heavy atom. The first-order valence-corrected chi connectivity index (χ1v) is 12.7. The van der Waals surface area contributed by atoms with E-state index in [-0.39, 0.29) is 31.0 Å². The van der Waals surface area contributed by atoms with Crippen molar-refractivity contribution < 1.29 is 24.2 Å². The molecule has 37 heavy (non-hydrogen) atoms. The summed E-state index contributed by atoms with van der Waals surface area (Å²) in [6.07, 6.45) is 1.67. The highest BCUT2D eigenvalue weighted by atomic mass is 16.5. The highest BCUT2D eigenvalue weighted by molar-refractivity contribution is 5.83. The van der Waals surface area contributed by atoms with Crippen LogP contribution in [0.1, 0.15) is 54.5 Å². The number of carboxylic acid groups (broad SMARTS) is 1. The van der Waals surface area contributed by atoms with Gasteiger partial charge in [0.2, 0.25) is 5.91 Å². The molecule has 0 unspecified atom stereocenters. The Hall–Kier alpha value is -3.80. The average Bonchev–Trinajstić information content (AvgIpc) is 3.19. The van der Waals surface area contributed by atoms with Gasteiger partial charge in [-0.05, 0) is 58.9 Å². The Labute approximate surface area is 218 Å². The third-order valence-corrected chi connectivity index (χ3v) is 6.84. The minimum Gasteiger partial charge on any atom is -0.497 e. The molecule has 0 radical (unpaired) electrons. The van der Waals surface area contributed by atoms with Gasteiger partial charge in [0.05, 0.1) is 13.5 Å². The number of ether oxygens (including phenoxy) is 2. The summed E-state index contributed by atoms with van der Waals surface area (Å²) < 4.78 is 11.5. The van der Waals surface area contributed by atoms with E-state index in [1.54, 1.807) is 19.2 Å². The molecule has 1 atom stereocenters. The number of benzene rings is 3. The number of carbonyl (C=O) groups is 2. The van der Waals surface area contributed by atoms with Gasteiger partial charge in [0, 0.05) is 19.4 Å². The molecule has 1 heterocycles. The number of nitrogens with zero attached hydrogens (tertiary/aromatic N) is 1. The molecule has 0 saturated heterocycles. The molecule has 0 spiro atoms. The Morgan fingerprint density at radius 1 is 1.00 bits per heavy atom. The lowest BCUT2D eigenvalue weighted by atomic mass is 9.90. The van der Waals surface area contributed by atoms with Crippen molar-refractivity contribution in [3.05, 3.63) is 94.5 Å². The van der Waals surface area contributed by atoms with Crippen LogP contribution in [0.2, 0.25) is 0 Å². The number of amides is 1. The Morgan fingerprint density at radius 2 is 1.65 bits per heavy atom. The monoisotopic (exact) mass is 501 g/mol. The van der Waals surface area contributed by atoms with Crippen LogP contribution in [0.25, 0.3) is 0 Å². The van der Waals surface area contributed by atoms with Crippen molar-refractivity contribution in [2.75, 3.05) is 13.7 Å². The van der Waals surface area contributed by atoms with Crippen LogP contribution in [0.5, 0.6) is 11.5 Å². The first kappa shape index (κ1) is 26.3. The maximum atomic E-state index is 13.1. The fourth-order valence-corrected chi connectivity index (χ4v) is 4.87. The van der Waals surface area contributed by atoms with Crippen LogP contribution < -0.4 is 9.47 Å². The Balaban J connectivity index is 1.42. The van der Waals surface area contributed by atoms with E-state index in [9.17, 15) is 14.7 Å². The highest BCUT2D eigenvalue weighted by Crippen LogP contribution is 2.37. The second-order valence-electron chi connectivity index (χ2n) is 10.4. The zero-order valence-corrected chi connectivity index (χ0v) is 22.0. The summed E-state index contributed by atoms with van der Waals surface area (Å²) in [4.78, 5) is 26.0. The van der Waals surface area contributed by atoms with Gasteiger partial charge < -0.3 is 19.5 Å². The van der Waals surface area contributed by atoms with E-state index >= 15 is 0 Å². The topological polar surface area (TPSA) is 76.1 Å². The van der Waals surface area contributed by atoms with E-state index in [4.69, 9.17) is 9.47 Å². The number of hydrogen-bond acceptors (Lipinski definition) is 4. The third-order valence-electron chi connectivity index (χ3n) is 6.84. The molecule has 1 N–H and O–H groups in total. The number of carboxylic acids is 1. The predicted molar refractivity (Wildman–Crippen MR) is 143 cm³/mol. The summed E-state index contributed by atoms with van der Waals surface area (Å²) in [5.41, 5.74) is 4.97. The zero-order valence-electron chi connectivity index (χ0n) is 22.0. The third kappa shape index (κ3) is 6.70. The maximum Gasteiger partial charge on any atom is 0.323 e. The first-order chi connectivity index (χ1) is 17.6. The number of carbonyl (C=O) groups excluding carboxylic acids is 1. The van der Waals surface area contributed by atoms with Gasteiger partial charge in [-0.25, -0.2) is 0 Å². The predicted octanol–water partition coefficient (Wildman–Crippen LogP) is 5.41. The number of hydrogen-bond donors (Lipinski definition) is 1. The van der Waals surface area contributed by atoms with Crippen molar-refractivity contribution in [1.82, 2.24) is 4.90 Å². The lowest BCUT2D eigenvalue weighted by molar-refractivity contribution is -0.144. The molecular formula is C31H35NO5. The van der Waals surface area contributed by atoms with Crippen LogP contribution in [0.3, 0.4) is 0 Å². The van der Waals surface area contributed by atoms with E-state index < -0.39 is 5.97 Å². The van der Waals surface area contributed by atoms with Crippen LogP contribution in [0, 0.1) is 0 Å². The smallest absolute Gasteiger partial charge is 0.323 e. The molecule has 1 aliphatic heterocycles. The van der Waals surface area contributed by atoms with Gasteiger partial charge in [-0.1, -0.05) is 62.4 Å². The number of fused-ring (bicyclic) bond motifs is 1. The number of aliphatic carboxylic acids is 1. The van der Waals surface area contributed by atoms with Crippen molar-refractivity contribution in [2.24, 2.45) is 0 Å². The molecule has 0 fully saturated rings. The van der Waals surface area contributed by atoms with Gasteiger partial charge >= 0.3 is 5.97 Å². The van der Waals surface area contributed by atoms with Gasteiger partial charge in [0.15, 0.2) is 0 Å². The molecule has 6 nitrogen and oxygen atoms in total. The molecular weight excluding hydrogens is 466 g/mol. The molecule has 0 aromatic heterocycles. The largest absolute Gasteiger partial charge is 0.497 e. The molecule has 4 rings (SSSR count). The summed E-state index contributed by atoms with van der Waals surface area (Å²) in [5.74, 6) is 0.782. The fraction of sp³-hybridized carbons (Fsp3) is 0.355. The summed E-state index contributed by atoms with van der Waals surface area (Å²) in [7, 11) is 1.59. The maximum absolute atomic E-state index is 13.1. The fourth-order valence-electron chi connectivity index (χ4n) is 4.87. The first-order valence-electron chi connectivity index (χ1n) is 12.7. The zero-order chi connectivity index (χ0) is 26.6. The quantitative estimate of drug-likeness (QED) is 0.402. The van der Waals surface area contributed by atoms with Crippen LogP contribution in [0.4, 0.5) is 0 Å². The molecule has 0 aliphatic carbocycles. The molecule has 0 saturated carbocycles. The Kier molecular flexibility index (Phi) is 7.86. The second kappa shape index (κ2) is 11.1. The van der Waals surface area contributed by atoms with Crippen LogP contribution in [0.15, 0.2) is 66.7 Å². The van der Waals surface area contributed by atoms with Crippen LogP contribution in [-0.4, -0.2) is 41.1 Å². The molecule has 1 amide bonds. The van der Waals surface area contributed by atoms with E-state index in [2.05, 4.69) is 45.0 Å². The summed E-state index contributed by atoms with van der Waals surface area (Å²) in [6, 6.07) is 21.8. The van der Waals surface area contributed by atoms with E-state index in [1.165, 1.54) is 16.0 Å². The number of methoxy groups -OCH3 is 1. The summed E-state index contributed by atoms with van der Waals surface area (Å²) >= 11 is 0. The lowest BCUT2D eigenvalue weighted by Gasteiger charge is -2.24. The normalized spacial score (nSPS) is 16.2.